The molecule has 2 aromatic rings. The molecule has 20 heavy (non-hydrogen) atoms. The van der Waals surface area contributed by atoms with Crippen molar-refractivity contribution in [3.63, 3.8) is 0 Å². The van der Waals surface area contributed by atoms with Crippen molar-refractivity contribution >= 4 is 0 Å². The molecule has 0 bridgehead atoms. The molecule has 1 heteroatoms. The standard InChI is InChI=1S/C19H23N/c1-13-10-14(2)19(15(3)11-13)17-6-4-16(5-7-17)12-20-18-8-9-18/h4-7,10-11,18,20H,8-9,12H2,1-3H3. The average molecular weight is 265 g/mol. The van der Waals surface area contributed by atoms with Crippen molar-refractivity contribution < 1.29 is 0 Å². The summed E-state index contributed by atoms with van der Waals surface area (Å²) < 4.78 is 0. The molecule has 0 atom stereocenters. The van der Waals surface area contributed by atoms with Crippen LogP contribution in [0.4, 0.5) is 0 Å². The topological polar surface area (TPSA) is 12.0 Å². The van der Waals surface area contributed by atoms with E-state index in [4.69, 9.17) is 0 Å². The highest BCUT2D eigenvalue weighted by molar-refractivity contribution is 5.71. The summed E-state index contributed by atoms with van der Waals surface area (Å²) in [4.78, 5) is 0. The Labute approximate surface area is 122 Å². The number of hydrogen-bond donors (Lipinski definition) is 1. The van der Waals surface area contributed by atoms with Crippen molar-refractivity contribution in [1.29, 1.82) is 0 Å². The van der Waals surface area contributed by atoms with E-state index >= 15 is 0 Å². The van der Waals surface area contributed by atoms with Gasteiger partial charge in [0.05, 0.1) is 0 Å². The molecule has 104 valence electrons. The van der Waals surface area contributed by atoms with Gasteiger partial charge in [0.25, 0.3) is 0 Å². The Bertz CT molecular complexity index is 583. The Morgan fingerprint density at radius 1 is 0.950 bits per heavy atom. The van der Waals surface area contributed by atoms with Gasteiger partial charge in [-0.3, -0.25) is 0 Å². The largest absolute Gasteiger partial charge is 0.310 e. The van der Waals surface area contributed by atoms with Crippen LogP contribution in [0.25, 0.3) is 11.1 Å². The summed E-state index contributed by atoms with van der Waals surface area (Å²) in [6.07, 6.45) is 2.69. The van der Waals surface area contributed by atoms with Gasteiger partial charge >= 0.3 is 0 Å². The van der Waals surface area contributed by atoms with Crippen LogP contribution < -0.4 is 5.32 Å². The summed E-state index contributed by atoms with van der Waals surface area (Å²) in [5.74, 6) is 0. The maximum atomic E-state index is 3.56. The molecule has 1 aliphatic rings. The molecule has 0 saturated heterocycles. The van der Waals surface area contributed by atoms with Crippen molar-refractivity contribution in [2.24, 2.45) is 0 Å². The molecule has 1 N–H and O–H groups in total. The quantitative estimate of drug-likeness (QED) is 0.856. The smallest absolute Gasteiger partial charge is 0.0208 e. The van der Waals surface area contributed by atoms with Crippen molar-refractivity contribution in [3.8, 4) is 11.1 Å². The van der Waals surface area contributed by atoms with Gasteiger partial charge in [-0.05, 0) is 61.4 Å². The first-order chi connectivity index (χ1) is 9.63. The molecule has 1 saturated carbocycles. The Kier molecular flexibility index (Phi) is 3.62. The van der Waals surface area contributed by atoms with E-state index in [-0.39, 0.29) is 0 Å². The first-order valence-corrected chi connectivity index (χ1v) is 7.54. The molecule has 3 rings (SSSR count). The van der Waals surface area contributed by atoms with E-state index in [1.165, 1.54) is 46.2 Å². The van der Waals surface area contributed by atoms with Crippen LogP contribution in [0.5, 0.6) is 0 Å². The molecule has 0 amide bonds. The first-order valence-electron chi connectivity index (χ1n) is 7.54. The van der Waals surface area contributed by atoms with E-state index in [0.29, 0.717) is 0 Å². The maximum absolute atomic E-state index is 3.56. The Morgan fingerprint density at radius 3 is 2.10 bits per heavy atom. The Hall–Kier alpha value is -1.60. The molecule has 0 spiro atoms. The van der Waals surface area contributed by atoms with Gasteiger partial charge in [-0.2, -0.15) is 0 Å². The number of aryl methyl sites for hydroxylation is 3. The monoisotopic (exact) mass is 265 g/mol. The van der Waals surface area contributed by atoms with Crippen molar-refractivity contribution in [3.05, 3.63) is 58.7 Å². The van der Waals surface area contributed by atoms with E-state index in [1.807, 2.05) is 0 Å². The molecule has 0 unspecified atom stereocenters. The van der Waals surface area contributed by atoms with Gasteiger partial charge in [-0.25, -0.2) is 0 Å². The second-order valence-electron chi connectivity index (χ2n) is 6.13. The van der Waals surface area contributed by atoms with E-state index in [9.17, 15) is 0 Å². The molecule has 0 radical (unpaired) electrons. The lowest BCUT2D eigenvalue weighted by Gasteiger charge is -2.12. The highest BCUT2D eigenvalue weighted by Crippen LogP contribution is 2.28. The molecule has 2 aromatic carbocycles. The second kappa shape index (κ2) is 5.41. The minimum absolute atomic E-state index is 0.774. The summed E-state index contributed by atoms with van der Waals surface area (Å²) in [6, 6.07) is 14.3. The molecular weight excluding hydrogens is 242 g/mol. The molecule has 0 heterocycles. The summed E-state index contributed by atoms with van der Waals surface area (Å²) in [7, 11) is 0. The SMILES string of the molecule is Cc1cc(C)c(-c2ccc(CNC3CC3)cc2)c(C)c1. The fourth-order valence-electron chi connectivity index (χ4n) is 2.97. The normalized spacial score (nSPS) is 14.6. The van der Waals surface area contributed by atoms with Crippen LogP contribution in [-0.2, 0) is 6.54 Å². The highest BCUT2D eigenvalue weighted by atomic mass is 14.9. The van der Waals surface area contributed by atoms with Crippen LogP contribution in [0.3, 0.4) is 0 Å². The first kappa shape index (κ1) is 13.4. The van der Waals surface area contributed by atoms with Crippen LogP contribution in [0.1, 0.15) is 35.1 Å². The van der Waals surface area contributed by atoms with Gasteiger partial charge in [-0.1, -0.05) is 42.0 Å². The van der Waals surface area contributed by atoms with E-state index in [2.05, 4.69) is 62.5 Å². The third kappa shape index (κ3) is 2.94. The maximum Gasteiger partial charge on any atom is 0.0208 e. The summed E-state index contributed by atoms with van der Waals surface area (Å²) in [5, 5.41) is 3.56. The zero-order valence-electron chi connectivity index (χ0n) is 12.7. The Balaban J connectivity index is 1.83. The van der Waals surface area contributed by atoms with Crippen molar-refractivity contribution in [2.45, 2.75) is 46.2 Å². The van der Waals surface area contributed by atoms with Gasteiger partial charge in [0.1, 0.15) is 0 Å². The molecule has 1 aliphatic carbocycles. The lowest BCUT2D eigenvalue weighted by Crippen LogP contribution is -2.15. The summed E-state index contributed by atoms with van der Waals surface area (Å²) >= 11 is 0. The third-order valence-electron chi connectivity index (χ3n) is 4.09. The zero-order chi connectivity index (χ0) is 14.1. The fraction of sp³-hybridized carbons (Fsp3) is 0.368. The second-order valence-corrected chi connectivity index (χ2v) is 6.13. The molecule has 0 aliphatic heterocycles. The van der Waals surface area contributed by atoms with Gasteiger partial charge in [-0.15, -0.1) is 0 Å². The molecule has 1 fully saturated rings. The highest BCUT2D eigenvalue weighted by Gasteiger charge is 2.19. The lowest BCUT2D eigenvalue weighted by molar-refractivity contribution is 0.688. The van der Waals surface area contributed by atoms with Crippen LogP contribution in [-0.4, -0.2) is 6.04 Å². The van der Waals surface area contributed by atoms with Gasteiger partial charge < -0.3 is 5.32 Å². The number of nitrogens with one attached hydrogen (secondary N) is 1. The zero-order valence-corrected chi connectivity index (χ0v) is 12.7. The van der Waals surface area contributed by atoms with Gasteiger partial charge in [0.2, 0.25) is 0 Å². The minimum atomic E-state index is 0.774. The molecular formula is C19H23N. The summed E-state index contributed by atoms with van der Waals surface area (Å²) in [5.41, 5.74) is 8.17. The number of hydrogen-bond acceptors (Lipinski definition) is 1. The average Bonchev–Trinajstić information content (AvgIpc) is 3.20. The molecule has 1 nitrogen and oxygen atoms in total. The van der Waals surface area contributed by atoms with E-state index < -0.39 is 0 Å². The number of rotatable bonds is 4. The van der Waals surface area contributed by atoms with Crippen molar-refractivity contribution in [2.75, 3.05) is 0 Å². The van der Waals surface area contributed by atoms with Gasteiger partial charge in [0.15, 0.2) is 0 Å². The van der Waals surface area contributed by atoms with Crippen molar-refractivity contribution in [1.82, 2.24) is 5.32 Å². The summed E-state index contributed by atoms with van der Waals surface area (Å²) in [6.45, 7) is 7.57. The predicted octanol–water partition coefficient (Wildman–Crippen LogP) is 4.53. The predicted molar refractivity (Wildman–Crippen MR) is 86.0 cm³/mol. The third-order valence-corrected chi connectivity index (χ3v) is 4.09. The van der Waals surface area contributed by atoms with Crippen LogP contribution >= 0.6 is 0 Å². The number of benzene rings is 2. The Morgan fingerprint density at radius 2 is 1.55 bits per heavy atom. The van der Waals surface area contributed by atoms with Crippen LogP contribution in [0.15, 0.2) is 36.4 Å². The van der Waals surface area contributed by atoms with E-state index in [1.54, 1.807) is 0 Å². The van der Waals surface area contributed by atoms with Crippen LogP contribution in [0.2, 0.25) is 0 Å². The van der Waals surface area contributed by atoms with Gasteiger partial charge in [0, 0.05) is 12.6 Å². The lowest BCUT2D eigenvalue weighted by atomic mass is 9.93. The molecule has 0 aromatic heterocycles. The minimum Gasteiger partial charge on any atom is -0.310 e. The fourth-order valence-corrected chi connectivity index (χ4v) is 2.97. The van der Waals surface area contributed by atoms with Crippen LogP contribution in [0, 0.1) is 20.8 Å². The van der Waals surface area contributed by atoms with E-state index in [0.717, 1.165) is 12.6 Å².